The van der Waals surface area contributed by atoms with Crippen LogP contribution in [-0.4, -0.2) is 24.2 Å². The van der Waals surface area contributed by atoms with E-state index < -0.39 is 5.60 Å². The fraction of sp³-hybridized carbons (Fsp3) is 0.308. The average molecular weight is 251 g/mol. The van der Waals surface area contributed by atoms with E-state index in [2.05, 4.69) is 16.9 Å². The molecule has 0 bridgehead atoms. The third-order valence-corrected chi connectivity index (χ3v) is 2.45. The maximum Gasteiger partial charge on any atom is 0.188 e. The number of aliphatic imine (C=N–C) groups is 1. The van der Waals surface area contributed by atoms with E-state index in [0.717, 1.165) is 0 Å². The molecule has 18 heavy (non-hydrogen) atoms. The van der Waals surface area contributed by atoms with Crippen molar-refractivity contribution in [3.8, 4) is 0 Å². The quantitative estimate of drug-likeness (QED) is 0.417. The molecule has 0 saturated carbocycles. The van der Waals surface area contributed by atoms with Crippen LogP contribution in [0.4, 0.5) is 4.39 Å². The van der Waals surface area contributed by atoms with E-state index in [4.69, 9.17) is 5.73 Å². The van der Waals surface area contributed by atoms with Crippen molar-refractivity contribution in [1.82, 2.24) is 5.32 Å². The summed E-state index contributed by atoms with van der Waals surface area (Å²) in [5.74, 6) is -0.109. The number of aliphatic hydroxyl groups is 1. The molecule has 0 aliphatic carbocycles. The molecule has 1 aromatic carbocycles. The number of nitrogens with zero attached hydrogens (tertiary/aromatic N) is 1. The van der Waals surface area contributed by atoms with Crippen LogP contribution in [0, 0.1) is 5.82 Å². The first kappa shape index (κ1) is 14.2. The Morgan fingerprint density at radius 1 is 1.56 bits per heavy atom. The van der Waals surface area contributed by atoms with Gasteiger partial charge in [-0.15, -0.1) is 6.58 Å². The summed E-state index contributed by atoms with van der Waals surface area (Å²) in [6.07, 6.45) is 1.65. The molecule has 0 aliphatic heterocycles. The topological polar surface area (TPSA) is 70.6 Å². The Morgan fingerprint density at radius 2 is 2.17 bits per heavy atom. The molecule has 0 spiro atoms. The minimum atomic E-state index is -1.19. The van der Waals surface area contributed by atoms with Gasteiger partial charge in [0.05, 0.1) is 6.54 Å². The summed E-state index contributed by atoms with van der Waals surface area (Å²) in [7, 11) is 0. The highest BCUT2D eigenvalue weighted by Gasteiger charge is 2.22. The van der Waals surface area contributed by atoms with Crippen molar-refractivity contribution >= 4 is 5.96 Å². The Morgan fingerprint density at radius 3 is 2.72 bits per heavy atom. The van der Waals surface area contributed by atoms with Gasteiger partial charge in [0.25, 0.3) is 0 Å². The van der Waals surface area contributed by atoms with E-state index in [-0.39, 0.29) is 18.3 Å². The lowest BCUT2D eigenvalue weighted by Gasteiger charge is -2.21. The van der Waals surface area contributed by atoms with E-state index in [9.17, 15) is 9.50 Å². The largest absolute Gasteiger partial charge is 0.384 e. The number of halogens is 1. The predicted octanol–water partition coefficient (Wildman–Crippen LogP) is 1.12. The van der Waals surface area contributed by atoms with E-state index in [1.807, 2.05) is 0 Å². The van der Waals surface area contributed by atoms with Crippen LogP contribution >= 0.6 is 0 Å². The van der Waals surface area contributed by atoms with E-state index in [0.29, 0.717) is 12.1 Å². The first-order chi connectivity index (χ1) is 8.45. The highest BCUT2D eigenvalue weighted by molar-refractivity contribution is 5.77. The number of hydrogen-bond donors (Lipinski definition) is 3. The number of benzene rings is 1. The van der Waals surface area contributed by atoms with Crippen molar-refractivity contribution in [2.24, 2.45) is 10.7 Å². The van der Waals surface area contributed by atoms with Crippen molar-refractivity contribution in [2.75, 3.05) is 13.1 Å². The van der Waals surface area contributed by atoms with Gasteiger partial charge < -0.3 is 16.2 Å². The van der Waals surface area contributed by atoms with E-state index in [1.54, 1.807) is 13.0 Å². The molecular formula is C13H18FN3O. The summed E-state index contributed by atoms with van der Waals surface area (Å²) in [4.78, 5) is 4.02. The lowest BCUT2D eigenvalue weighted by atomic mass is 9.96. The van der Waals surface area contributed by atoms with Gasteiger partial charge in [-0.1, -0.05) is 18.2 Å². The molecule has 1 atom stereocenters. The molecule has 1 rings (SSSR count). The number of rotatable bonds is 5. The normalized spacial score (nSPS) is 14.9. The van der Waals surface area contributed by atoms with Crippen molar-refractivity contribution < 1.29 is 9.50 Å². The van der Waals surface area contributed by atoms with Gasteiger partial charge in [-0.3, -0.25) is 4.99 Å². The summed E-state index contributed by atoms with van der Waals surface area (Å²) in [5, 5.41) is 13.0. The van der Waals surface area contributed by atoms with Crippen molar-refractivity contribution in [3.05, 3.63) is 48.3 Å². The highest BCUT2D eigenvalue weighted by atomic mass is 19.1. The van der Waals surface area contributed by atoms with Crippen LogP contribution < -0.4 is 11.1 Å². The molecule has 98 valence electrons. The van der Waals surface area contributed by atoms with Gasteiger partial charge in [0.2, 0.25) is 0 Å². The Hall–Kier alpha value is -1.88. The second-order valence-corrected chi connectivity index (χ2v) is 4.15. The molecule has 4 nitrogen and oxygen atoms in total. The van der Waals surface area contributed by atoms with Crippen LogP contribution in [0.25, 0.3) is 0 Å². The van der Waals surface area contributed by atoms with Crippen LogP contribution in [0.5, 0.6) is 0 Å². The minimum Gasteiger partial charge on any atom is -0.384 e. The summed E-state index contributed by atoms with van der Waals surface area (Å²) < 4.78 is 12.8. The lowest BCUT2D eigenvalue weighted by molar-refractivity contribution is 0.0672. The third-order valence-electron chi connectivity index (χ3n) is 2.45. The summed E-state index contributed by atoms with van der Waals surface area (Å²) in [5.41, 5.74) is 4.99. The molecule has 0 heterocycles. The molecule has 0 aromatic heterocycles. The van der Waals surface area contributed by atoms with Crippen LogP contribution in [-0.2, 0) is 5.60 Å². The van der Waals surface area contributed by atoms with Crippen LogP contribution in [0.3, 0.4) is 0 Å². The molecule has 1 aromatic rings. The zero-order valence-corrected chi connectivity index (χ0v) is 10.4. The number of hydrogen-bond acceptors (Lipinski definition) is 2. The molecule has 0 radical (unpaired) electrons. The van der Waals surface area contributed by atoms with Gasteiger partial charge in [0, 0.05) is 6.54 Å². The highest BCUT2D eigenvalue weighted by Crippen LogP contribution is 2.20. The van der Waals surface area contributed by atoms with Crippen molar-refractivity contribution in [1.29, 1.82) is 0 Å². The number of guanidine groups is 1. The van der Waals surface area contributed by atoms with Crippen molar-refractivity contribution in [3.63, 3.8) is 0 Å². The number of nitrogens with two attached hydrogens (primary N) is 1. The smallest absolute Gasteiger partial charge is 0.188 e. The van der Waals surface area contributed by atoms with Gasteiger partial charge in [-0.25, -0.2) is 4.39 Å². The van der Waals surface area contributed by atoms with Gasteiger partial charge >= 0.3 is 0 Å². The summed E-state index contributed by atoms with van der Waals surface area (Å²) >= 11 is 0. The SMILES string of the molecule is C=CCNC(N)=NCC(C)(O)c1ccc(F)cc1. The van der Waals surface area contributed by atoms with Gasteiger partial charge in [0.15, 0.2) is 5.96 Å². The Bertz CT molecular complexity index is 426. The second kappa shape index (κ2) is 6.16. The summed E-state index contributed by atoms with van der Waals surface area (Å²) in [6, 6.07) is 5.65. The maximum absolute atomic E-state index is 12.8. The Labute approximate surface area is 106 Å². The fourth-order valence-electron chi connectivity index (χ4n) is 1.37. The monoisotopic (exact) mass is 251 g/mol. The predicted molar refractivity (Wildman–Crippen MR) is 70.7 cm³/mol. The van der Waals surface area contributed by atoms with Gasteiger partial charge in [-0.05, 0) is 24.6 Å². The number of nitrogens with one attached hydrogen (secondary N) is 1. The first-order valence-corrected chi connectivity index (χ1v) is 5.59. The van der Waals surface area contributed by atoms with Crippen LogP contribution in [0.1, 0.15) is 12.5 Å². The molecular weight excluding hydrogens is 233 g/mol. The first-order valence-electron chi connectivity index (χ1n) is 5.59. The molecule has 0 amide bonds. The second-order valence-electron chi connectivity index (χ2n) is 4.15. The molecule has 4 N–H and O–H groups in total. The molecule has 0 fully saturated rings. The maximum atomic E-state index is 12.8. The molecule has 0 aliphatic rings. The van der Waals surface area contributed by atoms with E-state index >= 15 is 0 Å². The zero-order chi connectivity index (χ0) is 13.6. The Kier molecular flexibility index (Phi) is 4.85. The Balaban J connectivity index is 2.69. The standard InChI is InChI=1S/C13H18FN3O/c1-3-8-16-12(15)17-9-13(2,18)10-4-6-11(14)7-5-10/h3-7,18H,1,8-9H2,2H3,(H3,15,16,17). The third kappa shape index (κ3) is 4.18. The average Bonchev–Trinajstić information content (AvgIpc) is 2.34. The van der Waals surface area contributed by atoms with Crippen molar-refractivity contribution in [2.45, 2.75) is 12.5 Å². The van der Waals surface area contributed by atoms with Crippen LogP contribution in [0.15, 0.2) is 41.9 Å². The molecule has 0 saturated heterocycles. The van der Waals surface area contributed by atoms with Crippen LogP contribution in [0.2, 0.25) is 0 Å². The van der Waals surface area contributed by atoms with Gasteiger partial charge in [0.1, 0.15) is 11.4 Å². The minimum absolute atomic E-state index is 0.0919. The molecule has 5 heteroatoms. The fourth-order valence-corrected chi connectivity index (χ4v) is 1.37. The zero-order valence-electron chi connectivity index (χ0n) is 10.4. The van der Waals surface area contributed by atoms with E-state index in [1.165, 1.54) is 24.3 Å². The lowest BCUT2D eigenvalue weighted by Crippen LogP contribution is -2.34. The van der Waals surface area contributed by atoms with Gasteiger partial charge in [-0.2, -0.15) is 0 Å². The summed E-state index contributed by atoms with van der Waals surface area (Å²) in [6.45, 7) is 5.74. The molecule has 1 unspecified atom stereocenters.